The summed E-state index contributed by atoms with van der Waals surface area (Å²) in [6.45, 7) is 2.45. The molecule has 4 fully saturated rings. The zero-order valence-electron chi connectivity index (χ0n) is 25.3. The number of aliphatic hydroxyl groups is 2. The van der Waals surface area contributed by atoms with Gasteiger partial charge < -0.3 is 24.8 Å². The third-order valence-corrected chi connectivity index (χ3v) is 12.9. The van der Waals surface area contributed by atoms with E-state index in [1.54, 1.807) is 36.9 Å². The number of alkyl halides is 2. The minimum absolute atomic E-state index is 0.0195. The van der Waals surface area contributed by atoms with Crippen LogP contribution in [0.5, 0.6) is 5.75 Å². The molecular weight excluding hydrogens is 638 g/mol. The standard InChI is InChI=1S/C35H35ClF2O7S/c1-32-10-9-20(40)11-24(32)26(37)13-23-22-14-30-35(29(43)16-39,33(22,2)15-28(42)34(23,32)38)45-31(44-30)19-5-3-18(4-6-19)17-46-21-7-8-27(41)25(36)12-21/h3-12,22-23,26,28,30-31,39,41-42H,13-17H2,1-2H3/t22-,23-,26-,28-,30+,31+,32-,33-,34-,35+/m0/s1. The Morgan fingerprint density at radius 3 is 2.57 bits per heavy atom. The van der Waals surface area contributed by atoms with Gasteiger partial charge in [-0.15, -0.1) is 11.8 Å². The molecule has 7 nitrogen and oxygen atoms in total. The number of ether oxygens (including phenoxy) is 2. The number of Topliss-reactive ketones (excluding diaryl/α,β-unsaturated/α-hetero) is 1. The normalized spacial score (nSPS) is 40.9. The summed E-state index contributed by atoms with van der Waals surface area (Å²) >= 11 is 7.57. The van der Waals surface area contributed by atoms with Crippen molar-refractivity contribution in [1.82, 2.24) is 0 Å². The number of ketones is 2. The van der Waals surface area contributed by atoms with Crippen LogP contribution in [0.1, 0.15) is 50.5 Å². The first-order valence-electron chi connectivity index (χ1n) is 15.4. The van der Waals surface area contributed by atoms with Crippen molar-refractivity contribution in [2.75, 3.05) is 6.61 Å². The van der Waals surface area contributed by atoms with E-state index in [0.29, 0.717) is 11.3 Å². The predicted octanol–water partition coefficient (Wildman–Crippen LogP) is 5.98. The van der Waals surface area contributed by atoms with Gasteiger partial charge in [0, 0.05) is 33.0 Å². The molecule has 11 heteroatoms. The molecule has 1 saturated heterocycles. The van der Waals surface area contributed by atoms with Crippen LogP contribution in [0.25, 0.3) is 0 Å². The second kappa shape index (κ2) is 11.0. The van der Waals surface area contributed by atoms with Crippen molar-refractivity contribution in [3.05, 3.63) is 82.4 Å². The highest BCUT2D eigenvalue weighted by atomic mass is 35.5. The smallest absolute Gasteiger partial charge is 0.193 e. The molecule has 2 aromatic rings. The summed E-state index contributed by atoms with van der Waals surface area (Å²) in [6, 6.07) is 12.5. The molecule has 1 heterocycles. The van der Waals surface area contributed by atoms with Crippen LogP contribution >= 0.6 is 23.4 Å². The maximum absolute atomic E-state index is 17.6. The van der Waals surface area contributed by atoms with Gasteiger partial charge in [0.25, 0.3) is 0 Å². The fourth-order valence-electron chi connectivity index (χ4n) is 9.23. The maximum Gasteiger partial charge on any atom is 0.193 e. The topological polar surface area (TPSA) is 113 Å². The number of carbonyl (C=O) groups is 2. The SMILES string of the molecule is C[C@]12C=CC(=O)C=C1[C@@H](F)C[C@H]1[C@@H]3C[C@H]4O[C@@H](c5ccc(CSc6ccc(O)c(Cl)c6)cc5)O[C@@]4(C(=O)CO)[C@@]3(C)C[C@H](O)[C@@]12F. The van der Waals surface area contributed by atoms with Gasteiger partial charge in [-0.25, -0.2) is 8.78 Å². The summed E-state index contributed by atoms with van der Waals surface area (Å²) in [7, 11) is 0. The molecule has 4 aliphatic carbocycles. The molecule has 5 aliphatic rings. The summed E-state index contributed by atoms with van der Waals surface area (Å²) in [5, 5.41) is 31.8. The molecule has 2 aromatic carbocycles. The van der Waals surface area contributed by atoms with E-state index in [1.165, 1.54) is 19.1 Å². The van der Waals surface area contributed by atoms with Crippen LogP contribution in [0.3, 0.4) is 0 Å². The van der Waals surface area contributed by atoms with E-state index >= 15 is 8.78 Å². The molecule has 1 aliphatic heterocycles. The Bertz CT molecular complexity index is 1670. The zero-order chi connectivity index (χ0) is 32.8. The molecule has 3 N–H and O–H groups in total. The van der Waals surface area contributed by atoms with Crippen LogP contribution in [0, 0.1) is 22.7 Å². The van der Waals surface area contributed by atoms with Gasteiger partial charge >= 0.3 is 0 Å². The average molecular weight is 673 g/mol. The average Bonchev–Trinajstić information content (AvgIpc) is 3.53. The fraction of sp³-hybridized carbons (Fsp3) is 0.486. The highest BCUT2D eigenvalue weighted by Crippen LogP contribution is 2.72. The molecule has 10 atom stereocenters. The Morgan fingerprint density at radius 1 is 1.13 bits per heavy atom. The number of phenols is 1. The first kappa shape index (κ1) is 32.0. The number of halogens is 3. The van der Waals surface area contributed by atoms with Crippen molar-refractivity contribution < 1.29 is 43.2 Å². The Balaban J connectivity index is 1.16. The van der Waals surface area contributed by atoms with Crippen LogP contribution < -0.4 is 0 Å². The predicted molar refractivity (Wildman–Crippen MR) is 167 cm³/mol. The van der Waals surface area contributed by atoms with Crippen molar-refractivity contribution in [3.8, 4) is 5.75 Å². The summed E-state index contributed by atoms with van der Waals surface area (Å²) in [4.78, 5) is 26.7. The van der Waals surface area contributed by atoms with Crippen LogP contribution in [0.2, 0.25) is 5.02 Å². The van der Waals surface area contributed by atoms with Gasteiger partial charge in [-0.1, -0.05) is 48.9 Å². The number of phenolic OH excluding ortho intramolecular Hbond substituents is 1. The number of aliphatic hydroxyl groups excluding tert-OH is 2. The number of thioether (sulfide) groups is 1. The number of allylic oxidation sites excluding steroid dienone is 4. The van der Waals surface area contributed by atoms with Gasteiger partial charge in [0.1, 0.15) is 18.5 Å². The lowest BCUT2D eigenvalue weighted by molar-refractivity contribution is -0.235. The lowest BCUT2D eigenvalue weighted by Gasteiger charge is -2.63. The summed E-state index contributed by atoms with van der Waals surface area (Å²) in [5.74, 6) is -2.01. The van der Waals surface area contributed by atoms with Crippen LogP contribution in [-0.4, -0.2) is 63.1 Å². The van der Waals surface area contributed by atoms with E-state index < -0.39 is 76.8 Å². The number of aromatic hydroxyl groups is 1. The van der Waals surface area contributed by atoms with Crippen LogP contribution in [-0.2, 0) is 24.8 Å². The summed E-state index contributed by atoms with van der Waals surface area (Å²) in [5.41, 5.74) is -5.04. The van der Waals surface area contributed by atoms with E-state index in [0.717, 1.165) is 16.5 Å². The fourth-order valence-corrected chi connectivity index (χ4v) is 10.4. The van der Waals surface area contributed by atoms with E-state index in [2.05, 4.69) is 0 Å². The van der Waals surface area contributed by atoms with E-state index in [1.807, 2.05) is 24.3 Å². The number of carbonyl (C=O) groups excluding carboxylic acids is 2. The molecule has 0 bridgehead atoms. The summed E-state index contributed by atoms with van der Waals surface area (Å²) < 4.78 is 46.3. The third kappa shape index (κ3) is 4.30. The number of fused-ring (bicyclic) bond motifs is 7. The largest absolute Gasteiger partial charge is 0.506 e. The second-order valence-electron chi connectivity index (χ2n) is 13.6. The molecule has 0 spiro atoms. The minimum Gasteiger partial charge on any atom is -0.506 e. The van der Waals surface area contributed by atoms with Gasteiger partial charge in [-0.05, 0) is 73.6 Å². The molecule has 46 heavy (non-hydrogen) atoms. The third-order valence-electron chi connectivity index (χ3n) is 11.5. The first-order valence-corrected chi connectivity index (χ1v) is 16.8. The van der Waals surface area contributed by atoms with Crippen molar-refractivity contribution in [3.63, 3.8) is 0 Å². The maximum atomic E-state index is 17.6. The van der Waals surface area contributed by atoms with Gasteiger partial charge in [-0.3, -0.25) is 9.59 Å². The van der Waals surface area contributed by atoms with Crippen LogP contribution in [0.4, 0.5) is 8.78 Å². The Hall–Kier alpha value is -2.60. The molecule has 0 amide bonds. The Morgan fingerprint density at radius 2 is 1.87 bits per heavy atom. The number of hydrogen-bond acceptors (Lipinski definition) is 8. The number of rotatable bonds is 6. The van der Waals surface area contributed by atoms with Gasteiger partial charge in [0.05, 0.1) is 17.2 Å². The molecule has 244 valence electrons. The molecular formula is C35H35ClF2O7S. The molecule has 0 radical (unpaired) electrons. The number of benzene rings is 2. The van der Waals surface area contributed by atoms with Gasteiger partial charge in [0.15, 0.2) is 29.1 Å². The quantitative estimate of drug-likeness (QED) is 0.322. The van der Waals surface area contributed by atoms with E-state index in [-0.39, 0.29) is 35.6 Å². The molecule has 0 aromatic heterocycles. The second-order valence-corrected chi connectivity index (χ2v) is 15.1. The van der Waals surface area contributed by atoms with Crippen molar-refractivity contribution in [2.45, 2.75) is 79.7 Å². The first-order chi connectivity index (χ1) is 21.8. The van der Waals surface area contributed by atoms with E-state index in [4.69, 9.17) is 21.1 Å². The monoisotopic (exact) mass is 672 g/mol. The highest BCUT2D eigenvalue weighted by Gasteiger charge is 2.80. The lowest BCUT2D eigenvalue weighted by atomic mass is 9.44. The molecule has 7 rings (SSSR count). The zero-order valence-corrected chi connectivity index (χ0v) is 26.9. The van der Waals surface area contributed by atoms with Crippen LogP contribution in [0.15, 0.2) is 71.2 Å². The van der Waals surface area contributed by atoms with Crippen molar-refractivity contribution >= 4 is 34.9 Å². The van der Waals surface area contributed by atoms with Gasteiger partial charge in [0.2, 0.25) is 0 Å². The van der Waals surface area contributed by atoms with Crippen molar-refractivity contribution in [2.24, 2.45) is 22.7 Å². The highest BCUT2D eigenvalue weighted by molar-refractivity contribution is 7.98. The number of hydrogen-bond donors (Lipinski definition) is 3. The molecule has 3 saturated carbocycles. The minimum atomic E-state index is -2.30. The lowest BCUT2D eigenvalue weighted by Crippen LogP contribution is -2.70. The summed E-state index contributed by atoms with van der Waals surface area (Å²) in [6.07, 6.45) is -1.54. The Labute approximate surface area is 274 Å². The van der Waals surface area contributed by atoms with E-state index in [9.17, 15) is 24.9 Å². The van der Waals surface area contributed by atoms with Gasteiger partial charge in [-0.2, -0.15) is 0 Å². The molecule has 0 unspecified atom stereocenters. The Kier molecular flexibility index (Phi) is 7.62. The van der Waals surface area contributed by atoms with Crippen molar-refractivity contribution in [1.29, 1.82) is 0 Å².